The predicted molar refractivity (Wildman–Crippen MR) is 81.4 cm³/mol. The number of nitrogens with two attached hydrogens (primary N) is 1. The van der Waals surface area contributed by atoms with Crippen LogP contribution in [0, 0.1) is 6.92 Å². The van der Waals surface area contributed by atoms with Gasteiger partial charge < -0.3 is 5.73 Å². The van der Waals surface area contributed by atoms with Gasteiger partial charge in [-0.15, -0.1) is 5.10 Å². The second-order valence-electron chi connectivity index (χ2n) is 4.43. The van der Waals surface area contributed by atoms with Gasteiger partial charge in [0, 0.05) is 15.4 Å². The number of hydrogen-bond donors (Lipinski definition) is 2. The fourth-order valence-corrected chi connectivity index (χ4v) is 3.14. The number of benzene rings is 1. The number of aromatic nitrogens is 3. The van der Waals surface area contributed by atoms with E-state index in [-0.39, 0.29) is 6.04 Å². The third-order valence-corrected chi connectivity index (χ3v) is 4.27. The minimum atomic E-state index is 0.189. The lowest BCUT2D eigenvalue weighted by Crippen LogP contribution is -2.21. The van der Waals surface area contributed by atoms with Crippen molar-refractivity contribution in [2.75, 3.05) is 0 Å². The summed E-state index contributed by atoms with van der Waals surface area (Å²) in [4.78, 5) is 5.48. The maximum absolute atomic E-state index is 6.05. The number of halogens is 1. The summed E-state index contributed by atoms with van der Waals surface area (Å²) in [5.41, 5.74) is 7.29. The van der Waals surface area contributed by atoms with Crippen LogP contribution in [0.1, 0.15) is 24.7 Å². The third kappa shape index (κ3) is 4.06. The first-order valence-electron chi connectivity index (χ1n) is 6.19. The van der Waals surface area contributed by atoms with Gasteiger partial charge in [-0.3, -0.25) is 5.10 Å². The lowest BCUT2D eigenvalue weighted by atomic mass is 10.1. The Morgan fingerprint density at radius 3 is 2.89 bits per heavy atom. The summed E-state index contributed by atoms with van der Waals surface area (Å²) in [5, 5.41) is 7.76. The van der Waals surface area contributed by atoms with Gasteiger partial charge in [-0.2, -0.15) is 0 Å². The fraction of sp³-hybridized carbons (Fsp3) is 0.385. The Labute approximate surface area is 125 Å². The molecule has 1 heterocycles. The summed E-state index contributed by atoms with van der Waals surface area (Å²) in [6, 6.07) is 6.44. The number of rotatable bonds is 5. The molecule has 0 aliphatic rings. The molecule has 4 nitrogen and oxygen atoms in total. The molecule has 0 saturated heterocycles. The summed E-state index contributed by atoms with van der Waals surface area (Å²) in [7, 11) is 0. The van der Waals surface area contributed by atoms with Crippen molar-refractivity contribution in [2.45, 2.75) is 42.8 Å². The van der Waals surface area contributed by atoms with Crippen LogP contribution in [-0.2, 0) is 6.42 Å². The highest BCUT2D eigenvalue weighted by molar-refractivity contribution is 9.10. The van der Waals surface area contributed by atoms with Crippen molar-refractivity contribution in [3.63, 3.8) is 0 Å². The molecular formula is C13H17BrN4S. The van der Waals surface area contributed by atoms with Gasteiger partial charge in [0.2, 0.25) is 5.16 Å². The molecule has 19 heavy (non-hydrogen) atoms. The lowest BCUT2D eigenvalue weighted by Gasteiger charge is -2.12. The highest BCUT2D eigenvalue weighted by Gasteiger charge is 2.11. The van der Waals surface area contributed by atoms with Gasteiger partial charge in [0.15, 0.2) is 0 Å². The molecule has 0 saturated carbocycles. The van der Waals surface area contributed by atoms with Crippen LogP contribution >= 0.6 is 27.7 Å². The summed E-state index contributed by atoms with van der Waals surface area (Å²) < 4.78 is 1.05. The fourth-order valence-electron chi connectivity index (χ4n) is 1.69. The Morgan fingerprint density at radius 2 is 2.26 bits per heavy atom. The molecule has 2 rings (SSSR count). The van der Waals surface area contributed by atoms with E-state index >= 15 is 0 Å². The Bertz CT molecular complexity index is 555. The summed E-state index contributed by atoms with van der Waals surface area (Å²) >= 11 is 5.07. The number of nitrogens with one attached hydrogen (secondary N) is 1. The van der Waals surface area contributed by atoms with Crippen LogP contribution < -0.4 is 5.73 Å². The van der Waals surface area contributed by atoms with Gasteiger partial charge >= 0.3 is 0 Å². The second-order valence-corrected chi connectivity index (χ2v) is 6.35. The molecule has 102 valence electrons. The van der Waals surface area contributed by atoms with Crippen LogP contribution in [0.3, 0.4) is 0 Å². The van der Waals surface area contributed by atoms with E-state index in [2.05, 4.69) is 50.2 Å². The Morgan fingerprint density at radius 1 is 1.47 bits per heavy atom. The number of hydrogen-bond acceptors (Lipinski definition) is 4. The Kier molecular flexibility index (Phi) is 5.01. The molecule has 0 radical (unpaired) electrons. The predicted octanol–water partition coefficient (Wildman–Crippen LogP) is 3.31. The topological polar surface area (TPSA) is 67.6 Å². The van der Waals surface area contributed by atoms with Gasteiger partial charge in [-0.05, 0) is 49.2 Å². The summed E-state index contributed by atoms with van der Waals surface area (Å²) in [6.07, 6.45) is 1.84. The normalized spacial score (nSPS) is 12.6. The highest BCUT2D eigenvalue weighted by Crippen LogP contribution is 2.31. The van der Waals surface area contributed by atoms with Crippen molar-refractivity contribution in [3.8, 4) is 0 Å². The summed E-state index contributed by atoms with van der Waals surface area (Å²) in [5.74, 6) is 0.823. The van der Waals surface area contributed by atoms with Gasteiger partial charge in [0.1, 0.15) is 5.82 Å². The lowest BCUT2D eigenvalue weighted by molar-refractivity contribution is 0.641. The van der Waals surface area contributed by atoms with E-state index in [0.717, 1.165) is 33.2 Å². The minimum Gasteiger partial charge on any atom is -0.327 e. The molecule has 0 bridgehead atoms. The van der Waals surface area contributed by atoms with Gasteiger partial charge in [0.25, 0.3) is 0 Å². The molecule has 0 spiro atoms. The van der Waals surface area contributed by atoms with Crippen LogP contribution in [0.5, 0.6) is 0 Å². The minimum absolute atomic E-state index is 0.189. The monoisotopic (exact) mass is 340 g/mol. The van der Waals surface area contributed by atoms with E-state index in [1.165, 1.54) is 5.56 Å². The largest absolute Gasteiger partial charge is 0.327 e. The Balaban J connectivity index is 2.24. The number of H-pyrrole nitrogens is 1. The first kappa shape index (κ1) is 14.6. The molecule has 6 heteroatoms. The standard InChI is InChI=1S/C13H17BrN4S/c1-3-11(15)6-9-4-5-10(14)7-12(9)19-13-16-8(2)17-18-13/h4-5,7,11H,3,6,15H2,1-2H3,(H,16,17,18). The van der Waals surface area contributed by atoms with E-state index < -0.39 is 0 Å². The van der Waals surface area contributed by atoms with Crippen LogP contribution in [0.2, 0.25) is 0 Å². The molecule has 0 aliphatic heterocycles. The van der Waals surface area contributed by atoms with Gasteiger partial charge in [0.05, 0.1) is 0 Å². The van der Waals surface area contributed by atoms with Crippen LogP contribution in [0.15, 0.2) is 32.7 Å². The molecule has 1 aromatic heterocycles. The van der Waals surface area contributed by atoms with E-state index in [1.54, 1.807) is 11.8 Å². The molecule has 0 amide bonds. The van der Waals surface area contributed by atoms with E-state index in [9.17, 15) is 0 Å². The van der Waals surface area contributed by atoms with Crippen molar-refractivity contribution in [2.24, 2.45) is 5.73 Å². The molecule has 1 atom stereocenters. The zero-order valence-electron chi connectivity index (χ0n) is 11.0. The number of aromatic amines is 1. The van der Waals surface area contributed by atoms with Gasteiger partial charge in [-0.1, -0.05) is 28.9 Å². The maximum Gasteiger partial charge on any atom is 0.213 e. The first-order valence-corrected chi connectivity index (χ1v) is 7.80. The van der Waals surface area contributed by atoms with Gasteiger partial charge in [-0.25, -0.2) is 4.98 Å². The highest BCUT2D eigenvalue weighted by atomic mass is 79.9. The molecule has 1 aromatic carbocycles. The molecular weight excluding hydrogens is 324 g/mol. The smallest absolute Gasteiger partial charge is 0.213 e. The zero-order chi connectivity index (χ0) is 13.8. The second kappa shape index (κ2) is 6.54. The molecule has 0 aliphatic carbocycles. The Hall–Kier alpha value is -0.850. The van der Waals surface area contributed by atoms with Crippen molar-refractivity contribution in [1.29, 1.82) is 0 Å². The maximum atomic E-state index is 6.05. The van der Waals surface area contributed by atoms with Crippen molar-refractivity contribution in [1.82, 2.24) is 15.2 Å². The van der Waals surface area contributed by atoms with Crippen LogP contribution in [-0.4, -0.2) is 21.2 Å². The average molecular weight is 341 g/mol. The van der Waals surface area contributed by atoms with E-state index in [0.29, 0.717) is 0 Å². The quantitative estimate of drug-likeness (QED) is 0.876. The number of nitrogens with zero attached hydrogens (tertiary/aromatic N) is 2. The summed E-state index contributed by atoms with van der Waals surface area (Å²) in [6.45, 7) is 4.00. The van der Waals surface area contributed by atoms with Crippen molar-refractivity contribution >= 4 is 27.7 Å². The first-order chi connectivity index (χ1) is 9.08. The van der Waals surface area contributed by atoms with Crippen LogP contribution in [0.25, 0.3) is 0 Å². The van der Waals surface area contributed by atoms with E-state index in [1.807, 2.05) is 13.0 Å². The SMILES string of the molecule is CCC(N)Cc1ccc(Br)cc1Sc1n[nH]c(C)n1. The van der Waals surface area contributed by atoms with Crippen LogP contribution in [0.4, 0.5) is 0 Å². The molecule has 0 fully saturated rings. The zero-order valence-corrected chi connectivity index (χ0v) is 13.4. The molecule has 3 N–H and O–H groups in total. The number of aryl methyl sites for hydroxylation is 1. The third-order valence-electron chi connectivity index (χ3n) is 2.81. The molecule has 2 aromatic rings. The van der Waals surface area contributed by atoms with E-state index in [4.69, 9.17) is 5.73 Å². The molecule has 1 unspecified atom stereocenters. The van der Waals surface area contributed by atoms with Crippen molar-refractivity contribution < 1.29 is 0 Å². The average Bonchev–Trinajstić information content (AvgIpc) is 2.78. The van der Waals surface area contributed by atoms with Crippen molar-refractivity contribution in [3.05, 3.63) is 34.1 Å².